The van der Waals surface area contributed by atoms with Crippen LogP contribution in [0.2, 0.25) is 5.02 Å². The Kier molecular flexibility index (Phi) is 8.86. The molecule has 0 bridgehead atoms. The van der Waals surface area contributed by atoms with Gasteiger partial charge in [0.05, 0.1) is 6.61 Å². The van der Waals surface area contributed by atoms with E-state index in [4.69, 9.17) is 21.1 Å². The molecule has 3 aromatic carbocycles. The lowest BCUT2D eigenvalue weighted by Gasteiger charge is -2.16. The normalized spacial score (nSPS) is 10.7. The van der Waals surface area contributed by atoms with E-state index in [0.717, 1.165) is 40.6 Å². The zero-order valence-electron chi connectivity index (χ0n) is 18.1. The van der Waals surface area contributed by atoms with Gasteiger partial charge in [0.1, 0.15) is 6.61 Å². The molecule has 168 valence electrons. The van der Waals surface area contributed by atoms with Crippen molar-refractivity contribution >= 4 is 34.9 Å². The number of benzene rings is 3. The van der Waals surface area contributed by atoms with Gasteiger partial charge in [0.2, 0.25) is 0 Å². The SMILES string of the molecule is CCOc1cccc(CNCCc2c[nH]c3ccccc23)c1OCc1ccc(Cl)cc1.Cl. The van der Waals surface area contributed by atoms with Crippen LogP contribution in [0.1, 0.15) is 23.6 Å². The molecule has 0 fully saturated rings. The van der Waals surface area contributed by atoms with Gasteiger partial charge < -0.3 is 19.8 Å². The van der Waals surface area contributed by atoms with Crippen molar-refractivity contribution in [2.75, 3.05) is 13.2 Å². The fourth-order valence-corrected chi connectivity index (χ4v) is 3.78. The van der Waals surface area contributed by atoms with E-state index in [9.17, 15) is 0 Å². The summed E-state index contributed by atoms with van der Waals surface area (Å²) in [5.74, 6) is 1.56. The summed E-state index contributed by atoms with van der Waals surface area (Å²) in [5.41, 5.74) is 4.65. The summed E-state index contributed by atoms with van der Waals surface area (Å²) in [4.78, 5) is 3.34. The Labute approximate surface area is 200 Å². The molecule has 4 aromatic rings. The molecule has 0 atom stereocenters. The van der Waals surface area contributed by atoms with Crippen LogP contribution in [0.4, 0.5) is 0 Å². The van der Waals surface area contributed by atoms with Gasteiger partial charge in [0.25, 0.3) is 0 Å². The smallest absolute Gasteiger partial charge is 0.166 e. The summed E-state index contributed by atoms with van der Waals surface area (Å²) in [6.07, 6.45) is 3.05. The van der Waals surface area contributed by atoms with Crippen molar-refractivity contribution in [1.29, 1.82) is 0 Å². The van der Waals surface area contributed by atoms with Gasteiger partial charge in [-0.05, 0) is 55.3 Å². The summed E-state index contributed by atoms with van der Waals surface area (Å²) in [6.45, 7) is 4.62. The molecule has 32 heavy (non-hydrogen) atoms. The number of hydrogen-bond donors (Lipinski definition) is 2. The number of fused-ring (bicyclic) bond motifs is 1. The number of aromatic amines is 1. The number of ether oxygens (including phenoxy) is 2. The van der Waals surface area contributed by atoms with Crippen molar-refractivity contribution in [3.05, 3.63) is 94.6 Å². The molecule has 0 aliphatic rings. The third-order valence-electron chi connectivity index (χ3n) is 5.22. The fraction of sp³-hybridized carbons (Fsp3) is 0.231. The van der Waals surface area contributed by atoms with Crippen molar-refractivity contribution in [2.45, 2.75) is 26.5 Å². The van der Waals surface area contributed by atoms with E-state index in [1.165, 1.54) is 16.5 Å². The van der Waals surface area contributed by atoms with Crippen LogP contribution in [-0.4, -0.2) is 18.1 Å². The quantitative estimate of drug-likeness (QED) is 0.258. The van der Waals surface area contributed by atoms with Gasteiger partial charge in [-0.1, -0.05) is 54.1 Å². The Bertz CT molecular complexity index is 1130. The van der Waals surface area contributed by atoms with E-state index in [1.54, 1.807) is 0 Å². The largest absolute Gasteiger partial charge is 0.490 e. The number of para-hydroxylation sites is 2. The van der Waals surface area contributed by atoms with Crippen LogP contribution in [0.25, 0.3) is 10.9 Å². The van der Waals surface area contributed by atoms with Crippen molar-refractivity contribution in [3.8, 4) is 11.5 Å². The van der Waals surface area contributed by atoms with Crippen LogP contribution in [0.15, 0.2) is 72.9 Å². The van der Waals surface area contributed by atoms with Gasteiger partial charge in [-0.25, -0.2) is 0 Å². The van der Waals surface area contributed by atoms with Gasteiger partial charge >= 0.3 is 0 Å². The topological polar surface area (TPSA) is 46.3 Å². The second kappa shape index (κ2) is 11.8. The van der Waals surface area contributed by atoms with Gasteiger partial charge in [0.15, 0.2) is 11.5 Å². The van der Waals surface area contributed by atoms with E-state index in [0.29, 0.717) is 19.8 Å². The maximum atomic E-state index is 6.19. The molecule has 0 aliphatic heterocycles. The van der Waals surface area contributed by atoms with Crippen LogP contribution in [0.5, 0.6) is 11.5 Å². The average Bonchev–Trinajstić information content (AvgIpc) is 3.20. The van der Waals surface area contributed by atoms with Gasteiger partial charge in [-0.15, -0.1) is 12.4 Å². The Morgan fingerprint density at radius 1 is 0.906 bits per heavy atom. The lowest BCUT2D eigenvalue weighted by atomic mass is 10.1. The van der Waals surface area contributed by atoms with E-state index in [1.807, 2.05) is 43.3 Å². The first kappa shape index (κ1) is 24.0. The molecule has 0 saturated carbocycles. The molecular weight excluding hydrogens is 443 g/mol. The Balaban J connectivity index is 0.00000289. The fourth-order valence-electron chi connectivity index (χ4n) is 3.65. The zero-order valence-corrected chi connectivity index (χ0v) is 19.6. The summed E-state index contributed by atoms with van der Waals surface area (Å²) < 4.78 is 12.0. The predicted octanol–water partition coefficient (Wildman–Crippen LogP) is 6.55. The highest BCUT2D eigenvalue weighted by molar-refractivity contribution is 6.30. The molecule has 1 aromatic heterocycles. The molecule has 4 rings (SSSR count). The number of halogens is 2. The molecular formula is C26H28Cl2N2O2. The highest BCUT2D eigenvalue weighted by Gasteiger charge is 2.12. The van der Waals surface area contributed by atoms with Crippen molar-refractivity contribution < 1.29 is 9.47 Å². The number of aromatic nitrogens is 1. The molecule has 6 heteroatoms. The molecule has 0 spiro atoms. The first-order chi connectivity index (χ1) is 15.2. The predicted molar refractivity (Wildman–Crippen MR) is 134 cm³/mol. The summed E-state index contributed by atoms with van der Waals surface area (Å²) in [6, 6.07) is 22.2. The van der Waals surface area contributed by atoms with Crippen LogP contribution in [0, 0.1) is 0 Å². The molecule has 0 saturated heterocycles. The summed E-state index contributed by atoms with van der Waals surface area (Å²) >= 11 is 5.99. The third kappa shape index (κ3) is 5.98. The van der Waals surface area contributed by atoms with E-state index >= 15 is 0 Å². The number of H-pyrrole nitrogens is 1. The monoisotopic (exact) mass is 470 g/mol. The third-order valence-corrected chi connectivity index (χ3v) is 5.47. The van der Waals surface area contributed by atoms with Crippen LogP contribution >= 0.6 is 24.0 Å². The summed E-state index contributed by atoms with van der Waals surface area (Å²) in [7, 11) is 0. The van der Waals surface area contributed by atoms with Gasteiger partial charge in [-0.3, -0.25) is 0 Å². The van der Waals surface area contributed by atoms with Gasteiger partial charge in [-0.2, -0.15) is 0 Å². The molecule has 2 N–H and O–H groups in total. The van der Waals surface area contributed by atoms with Crippen LogP contribution in [-0.2, 0) is 19.6 Å². The minimum Gasteiger partial charge on any atom is -0.490 e. The van der Waals surface area contributed by atoms with Crippen molar-refractivity contribution in [3.63, 3.8) is 0 Å². The number of rotatable bonds is 10. The van der Waals surface area contributed by atoms with E-state index < -0.39 is 0 Å². The molecule has 0 radical (unpaired) electrons. The van der Waals surface area contributed by atoms with Crippen molar-refractivity contribution in [1.82, 2.24) is 10.3 Å². The average molecular weight is 471 g/mol. The molecule has 0 aliphatic carbocycles. The highest BCUT2D eigenvalue weighted by Crippen LogP contribution is 2.32. The van der Waals surface area contributed by atoms with E-state index in [2.05, 4.69) is 46.8 Å². The Morgan fingerprint density at radius 3 is 2.53 bits per heavy atom. The van der Waals surface area contributed by atoms with Crippen molar-refractivity contribution in [2.24, 2.45) is 0 Å². The van der Waals surface area contributed by atoms with Crippen LogP contribution in [0.3, 0.4) is 0 Å². The van der Waals surface area contributed by atoms with Crippen LogP contribution < -0.4 is 14.8 Å². The van der Waals surface area contributed by atoms with E-state index in [-0.39, 0.29) is 12.4 Å². The van der Waals surface area contributed by atoms with Gasteiger partial charge in [0, 0.05) is 34.2 Å². The second-order valence-corrected chi connectivity index (χ2v) is 7.82. The first-order valence-electron chi connectivity index (χ1n) is 10.6. The molecule has 1 heterocycles. The number of nitrogens with one attached hydrogen (secondary N) is 2. The zero-order chi connectivity index (χ0) is 21.5. The summed E-state index contributed by atoms with van der Waals surface area (Å²) in [5, 5.41) is 5.56. The first-order valence-corrected chi connectivity index (χ1v) is 11.0. The Hall–Kier alpha value is -2.66. The minimum absolute atomic E-state index is 0. The Morgan fingerprint density at radius 2 is 1.72 bits per heavy atom. The molecule has 0 unspecified atom stereocenters. The standard InChI is InChI=1S/C26H27ClN2O2.ClH/c1-2-30-25-9-5-6-21(26(25)31-18-19-10-12-22(27)13-11-19)16-28-15-14-20-17-29-24-8-4-3-7-23(20)24;/h3-13,17,28-29H,2,14-16,18H2,1H3;1H. The maximum absolute atomic E-state index is 6.19. The molecule has 0 amide bonds. The number of hydrogen-bond acceptors (Lipinski definition) is 3. The highest BCUT2D eigenvalue weighted by atomic mass is 35.5. The lowest BCUT2D eigenvalue weighted by Crippen LogP contribution is -2.17. The molecule has 4 nitrogen and oxygen atoms in total. The minimum atomic E-state index is 0. The lowest BCUT2D eigenvalue weighted by molar-refractivity contribution is 0.266. The maximum Gasteiger partial charge on any atom is 0.166 e. The second-order valence-electron chi connectivity index (χ2n) is 7.38.